The molecule has 0 aliphatic rings. The van der Waals surface area contributed by atoms with Gasteiger partial charge in [0.05, 0.1) is 16.3 Å². The van der Waals surface area contributed by atoms with Crippen molar-refractivity contribution in [2.24, 2.45) is 0 Å². The first kappa shape index (κ1) is 10.1. The van der Waals surface area contributed by atoms with Crippen LogP contribution in [0.4, 0.5) is 0 Å². The fourth-order valence-electron chi connectivity index (χ4n) is 1.49. The largest absolute Gasteiger partial charge is 0.297 e. The van der Waals surface area contributed by atoms with E-state index in [2.05, 4.69) is 12.0 Å². The highest BCUT2D eigenvalue weighted by molar-refractivity contribution is 7.12. The highest BCUT2D eigenvalue weighted by Gasteiger charge is 2.10. The van der Waals surface area contributed by atoms with E-state index in [0.29, 0.717) is 0 Å². The van der Waals surface area contributed by atoms with Gasteiger partial charge in [0.2, 0.25) is 0 Å². The van der Waals surface area contributed by atoms with Gasteiger partial charge in [-0.25, -0.2) is 4.68 Å². The van der Waals surface area contributed by atoms with Gasteiger partial charge in [0.25, 0.3) is 0 Å². The van der Waals surface area contributed by atoms with Crippen molar-refractivity contribution < 1.29 is 4.79 Å². The second-order valence-corrected chi connectivity index (χ2v) is 4.48. The van der Waals surface area contributed by atoms with Crippen LogP contribution in [0.15, 0.2) is 11.4 Å². The SMILES string of the molecule is Cc1nn(-c2csc(C=O)c2)c(C)c1C. The van der Waals surface area contributed by atoms with Crippen molar-refractivity contribution in [3.8, 4) is 5.69 Å². The van der Waals surface area contributed by atoms with Gasteiger partial charge in [-0.2, -0.15) is 5.10 Å². The lowest BCUT2D eigenvalue weighted by Gasteiger charge is -1.99. The second-order valence-electron chi connectivity index (χ2n) is 3.53. The lowest BCUT2D eigenvalue weighted by atomic mass is 10.2. The predicted molar refractivity (Wildman–Crippen MR) is 61.0 cm³/mol. The minimum Gasteiger partial charge on any atom is -0.297 e. The highest BCUT2D eigenvalue weighted by atomic mass is 32.1. The van der Waals surface area contributed by atoms with Crippen molar-refractivity contribution >= 4 is 17.6 Å². The Hall–Kier alpha value is -1.42. The number of carbonyl (C=O) groups is 1. The number of hydrogen-bond acceptors (Lipinski definition) is 3. The summed E-state index contributed by atoms with van der Waals surface area (Å²) in [4.78, 5) is 11.3. The molecule has 0 atom stereocenters. The molecule has 2 heterocycles. The smallest absolute Gasteiger partial charge is 0.160 e. The Bertz CT molecular complexity index is 511. The van der Waals surface area contributed by atoms with E-state index >= 15 is 0 Å². The summed E-state index contributed by atoms with van der Waals surface area (Å²) < 4.78 is 1.88. The topological polar surface area (TPSA) is 34.9 Å². The zero-order valence-electron chi connectivity index (χ0n) is 8.94. The Morgan fingerprint density at radius 3 is 2.60 bits per heavy atom. The molecule has 0 bridgehead atoms. The summed E-state index contributed by atoms with van der Waals surface area (Å²) in [6, 6.07) is 1.86. The normalized spacial score (nSPS) is 10.6. The molecule has 0 N–H and O–H groups in total. The number of aromatic nitrogens is 2. The molecule has 0 aliphatic carbocycles. The first-order valence-corrected chi connectivity index (χ1v) is 5.58. The highest BCUT2D eigenvalue weighted by Crippen LogP contribution is 2.20. The maximum absolute atomic E-state index is 10.6. The molecule has 0 aromatic carbocycles. The van der Waals surface area contributed by atoms with E-state index in [1.807, 2.05) is 30.0 Å². The van der Waals surface area contributed by atoms with Crippen molar-refractivity contribution in [1.82, 2.24) is 9.78 Å². The third kappa shape index (κ3) is 1.61. The van der Waals surface area contributed by atoms with Crippen LogP contribution in [0.2, 0.25) is 0 Å². The Balaban J connectivity index is 2.53. The molecular formula is C11H12N2OS. The Morgan fingerprint density at radius 1 is 1.40 bits per heavy atom. The second kappa shape index (κ2) is 3.62. The molecule has 2 rings (SSSR count). The third-order valence-corrected chi connectivity index (χ3v) is 3.47. The Kier molecular flexibility index (Phi) is 2.44. The van der Waals surface area contributed by atoms with Gasteiger partial charge in [0.1, 0.15) is 0 Å². The van der Waals surface area contributed by atoms with Crippen LogP contribution in [0.1, 0.15) is 26.6 Å². The van der Waals surface area contributed by atoms with Crippen LogP contribution in [0.5, 0.6) is 0 Å². The summed E-state index contributed by atoms with van der Waals surface area (Å²) in [6.45, 7) is 6.08. The Morgan fingerprint density at radius 2 is 2.13 bits per heavy atom. The van der Waals surface area contributed by atoms with Gasteiger partial charge < -0.3 is 0 Å². The molecule has 0 saturated heterocycles. The first-order valence-electron chi connectivity index (χ1n) is 4.70. The van der Waals surface area contributed by atoms with Crippen LogP contribution < -0.4 is 0 Å². The zero-order chi connectivity index (χ0) is 11.0. The van der Waals surface area contributed by atoms with E-state index in [1.54, 1.807) is 0 Å². The van der Waals surface area contributed by atoms with Crippen LogP contribution >= 0.6 is 11.3 Å². The van der Waals surface area contributed by atoms with Crippen LogP contribution in [0.25, 0.3) is 5.69 Å². The summed E-state index contributed by atoms with van der Waals surface area (Å²) >= 11 is 1.44. The molecule has 0 fully saturated rings. The predicted octanol–water partition coefficient (Wildman–Crippen LogP) is 2.67. The fraction of sp³-hybridized carbons (Fsp3) is 0.273. The van der Waals surface area contributed by atoms with E-state index in [0.717, 1.165) is 28.2 Å². The number of rotatable bonds is 2. The molecule has 2 aromatic rings. The van der Waals surface area contributed by atoms with Crippen LogP contribution in [-0.2, 0) is 0 Å². The molecule has 0 radical (unpaired) electrons. The molecule has 2 aromatic heterocycles. The summed E-state index contributed by atoms with van der Waals surface area (Å²) in [7, 11) is 0. The standard InChI is InChI=1S/C11H12N2OS/c1-7-8(2)12-13(9(7)3)10-4-11(5-14)15-6-10/h4-6H,1-3H3. The van der Waals surface area contributed by atoms with E-state index in [4.69, 9.17) is 0 Å². The first-order chi connectivity index (χ1) is 7.13. The van der Waals surface area contributed by atoms with Crippen LogP contribution in [0.3, 0.4) is 0 Å². The summed E-state index contributed by atoms with van der Waals surface area (Å²) in [5.74, 6) is 0. The van der Waals surface area contributed by atoms with E-state index < -0.39 is 0 Å². The molecule has 0 saturated carbocycles. The number of aldehydes is 1. The number of hydrogen-bond donors (Lipinski definition) is 0. The van der Waals surface area contributed by atoms with E-state index in [9.17, 15) is 4.79 Å². The number of nitrogens with zero attached hydrogens (tertiary/aromatic N) is 2. The van der Waals surface area contributed by atoms with Crippen LogP contribution in [-0.4, -0.2) is 16.1 Å². The van der Waals surface area contributed by atoms with Crippen molar-refractivity contribution in [3.63, 3.8) is 0 Å². The van der Waals surface area contributed by atoms with Gasteiger partial charge in [0, 0.05) is 11.1 Å². The minimum absolute atomic E-state index is 0.732. The molecule has 0 aliphatic heterocycles. The van der Waals surface area contributed by atoms with Gasteiger partial charge in [-0.15, -0.1) is 11.3 Å². The van der Waals surface area contributed by atoms with Crippen molar-refractivity contribution in [3.05, 3.63) is 33.3 Å². The molecule has 0 amide bonds. The Labute approximate surface area is 92.4 Å². The summed E-state index contributed by atoms with van der Waals surface area (Å²) in [6.07, 6.45) is 0.868. The maximum Gasteiger partial charge on any atom is 0.160 e. The average molecular weight is 220 g/mol. The van der Waals surface area contributed by atoms with Gasteiger partial charge >= 0.3 is 0 Å². The number of thiophene rings is 1. The monoisotopic (exact) mass is 220 g/mol. The molecule has 0 spiro atoms. The molecule has 78 valence electrons. The molecule has 0 unspecified atom stereocenters. The van der Waals surface area contributed by atoms with Crippen molar-refractivity contribution in [2.75, 3.05) is 0 Å². The quantitative estimate of drug-likeness (QED) is 0.729. The lowest BCUT2D eigenvalue weighted by Crippen LogP contribution is -1.97. The fourth-order valence-corrected chi connectivity index (χ4v) is 2.16. The van der Waals surface area contributed by atoms with Crippen LogP contribution in [0, 0.1) is 20.8 Å². The summed E-state index contributed by atoms with van der Waals surface area (Å²) in [5, 5.41) is 6.38. The molecule has 4 heteroatoms. The van der Waals surface area contributed by atoms with Gasteiger partial charge in [-0.3, -0.25) is 4.79 Å². The van der Waals surface area contributed by atoms with Gasteiger partial charge in [0.15, 0.2) is 6.29 Å². The van der Waals surface area contributed by atoms with E-state index in [1.165, 1.54) is 16.9 Å². The zero-order valence-corrected chi connectivity index (χ0v) is 9.76. The molecule has 3 nitrogen and oxygen atoms in total. The van der Waals surface area contributed by atoms with E-state index in [-0.39, 0.29) is 0 Å². The van der Waals surface area contributed by atoms with Crippen molar-refractivity contribution in [2.45, 2.75) is 20.8 Å². The average Bonchev–Trinajstić information content (AvgIpc) is 2.79. The molecular weight excluding hydrogens is 208 g/mol. The molecule has 15 heavy (non-hydrogen) atoms. The number of aryl methyl sites for hydroxylation is 1. The van der Waals surface area contributed by atoms with Gasteiger partial charge in [-0.1, -0.05) is 0 Å². The van der Waals surface area contributed by atoms with Crippen molar-refractivity contribution in [1.29, 1.82) is 0 Å². The third-order valence-electron chi connectivity index (χ3n) is 2.62. The number of carbonyl (C=O) groups excluding carboxylic acids is 1. The van der Waals surface area contributed by atoms with Gasteiger partial charge in [-0.05, 0) is 32.4 Å². The minimum atomic E-state index is 0.732. The maximum atomic E-state index is 10.6. The summed E-state index contributed by atoms with van der Waals surface area (Å²) in [5.41, 5.74) is 4.33. The lowest BCUT2D eigenvalue weighted by molar-refractivity contribution is 0.112.